The number of hydrogen-bond donors (Lipinski definition) is 1. The summed E-state index contributed by atoms with van der Waals surface area (Å²) in [6, 6.07) is 11.0. The maximum atomic E-state index is 5.64. The van der Waals surface area contributed by atoms with E-state index in [1.807, 2.05) is 0 Å². The van der Waals surface area contributed by atoms with Crippen molar-refractivity contribution in [3.63, 3.8) is 0 Å². The van der Waals surface area contributed by atoms with Crippen molar-refractivity contribution < 1.29 is 9.47 Å². The lowest BCUT2D eigenvalue weighted by Crippen LogP contribution is -2.44. The summed E-state index contributed by atoms with van der Waals surface area (Å²) in [6.45, 7) is 4.55. The van der Waals surface area contributed by atoms with Gasteiger partial charge < -0.3 is 14.8 Å². The van der Waals surface area contributed by atoms with Crippen LogP contribution in [0, 0.1) is 0 Å². The number of methoxy groups -OCH3 is 1. The van der Waals surface area contributed by atoms with Gasteiger partial charge in [0.15, 0.2) is 0 Å². The average Bonchev–Trinajstić information content (AvgIpc) is 2.90. The molecule has 1 saturated heterocycles. The minimum Gasteiger partial charge on any atom is -0.378 e. The van der Waals surface area contributed by atoms with Gasteiger partial charge in [-0.15, -0.1) is 0 Å². The molecule has 2 rings (SSSR count). The van der Waals surface area contributed by atoms with Gasteiger partial charge in [0.05, 0.1) is 6.61 Å². The van der Waals surface area contributed by atoms with E-state index >= 15 is 0 Å². The fourth-order valence-corrected chi connectivity index (χ4v) is 2.45. The molecule has 1 N–H and O–H groups in total. The van der Waals surface area contributed by atoms with Gasteiger partial charge >= 0.3 is 0 Å². The van der Waals surface area contributed by atoms with Gasteiger partial charge in [-0.25, -0.2) is 0 Å². The second-order valence-corrected chi connectivity index (χ2v) is 4.94. The second kappa shape index (κ2) is 6.32. The van der Waals surface area contributed by atoms with Crippen LogP contribution in [-0.4, -0.2) is 32.5 Å². The van der Waals surface area contributed by atoms with Crippen molar-refractivity contribution in [2.24, 2.45) is 0 Å². The van der Waals surface area contributed by atoms with Crippen LogP contribution >= 0.6 is 0 Å². The summed E-state index contributed by atoms with van der Waals surface area (Å²) in [5.41, 5.74) is 1.20. The van der Waals surface area contributed by atoms with E-state index in [0.717, 1.165) is 26.0 Å². The van der Waals surface area contributed by atoms with Gasteiger partial charge in [0.2, 0.25) is 0 Å². The molecule has 3 nitrogen and oxygen atoms in total. The predicted octanol–water partition coefficient (Wildman–Crippen LogP) is 2.53. The molecule has 2 unspecified atom stereocenters. The Kier molecular flexibility index (Phi) is 4.75. The average molecular weight is 249 g/mol. The van der Waals surface area contributed by atoms with E-state index in [9.17, 15) is 0 Å². The van der Waals surface area contributed by atoms with E-state index in [4.69, 9.17) is 9.47 Å². The van der Waals surface area contributed by atoms with Crippen LogP contribution in [0.3, 0.4) is 0 Å². The molecule has 1 aromatic carbocycles. The quantitative estimate of drug-likeness (QED) is 0.840. The van der Waals surface area contributed by atoms with E-state index in [1.54, 1.807) is 7.11 Å². The molecule has 0 spiro atoms. The minimum absolute atomic E-state index is 0.137. The van der Waals surface area contributed by atoms with Crippen LogP contribution in [0.5, 0.6) is 0 Å². The van der Waals surface area contributed by atoms with Gasteiger partial charge in [0.25, 0.3) is 0 Å². The van der Waals surface area contributed by atoms with E-state index in [2.05, 4.69) is 42.6 Å². The van der Waals surface area contributed by atoms with Crippen LogP contribution in [0.1, 0.15) is 31.4 Å². The molecule has 3 heteroatoms. The summed E-state index contributed by atoms with van der Waals surface area (Å²) in [5, 5.41) is 3.61. The molecule has 1 heterocycles. The van der Waals surface area contributed by atoms with Crippen molar-refractivity contribution in [3.05, 3.63) is 35.9 Å². The van der Waals surface area contributed by atoms with Gasteiger partial charge in [-0.1, -0.05) is 37.3 Å². The number of ether oxygens (including phenoxy) is 2. The topological polar surface area (TPSA) is 30.5 Å². The summed E-state index contributed by atoms with van der Waals surface area (Å²) >= 11 is 0. The standard InChI is InChI=1S/C15H23NO2/c1-3-14(13-7-5-4-6-8-13)16-11-15(17-2)9-10-18-12-15/h4-8,14,16H,3,9-12H2,1-2H3. The van der Waals surface area contributed by atoms with Crippen molar-refractivity contribution >= 4 is 0 Å². The molecule has 0 aliphatic carbocycles. The fraction of sp³-hybridized carbons (Fsp3) is 0.600. The van der Waals surface area contributed by atoms with Crippen molar-refractivity contribution in [2.45, 2.75) is 31.4 Å². The lowest BCUT2D eigenvalue weighted by Gasteiger charge is -2.29. The molecule has 0 radical (unpaired) electrons. The minimum atomic E-state index is -0.137. The molecule has 2 atom stereocenters. The molecular formula is C15H23NO2. The molecule has 1 aliphatic rings. The smallest absolute Gasteiger partial charge is 0.106 e. The number of benzene rings is 1. The summed E-state index contributed by atoms with van der Waals surface area (Å²) in [5.74, 6) is 0. The van der Waals surface area contributed by atoms with Gasteiger partial charge in [-0.3, -0.25) is 0 Å². The first-order valence-corrected chi connectivity index (χ1v) is 6.71. The Morgan fingerprint density at radius 1 is 1.39 bits per heavy atom. The van der Waals surface area contributed by atoms with Gasteiger partial charge in [-0.2, -0.15) is 0 Å². The molecule has 1 aromatic rings. The summed E-state index contributed by atoms with van der Waals surface area (Å²) in [6.07, 6.45) is 2.05. The van der Waals surface area contributed by atoms with E-state index in [1.165, 1.54) is 5.56 Å². The van der Waals surface area contributed by atoms with Crippen LogP contribution in [0.15, 0.2) is 30.3 Å². The Labute approximate surface area is 109 Å². The van der Waals surface area contributed by atoms with Crippen LogP contribution in [0.25, 0.3) is 0 Å². The lowest BCUT2D eigenvalue weighted by atomic mass is 10.00. The van der Waals surface area contributed by atoms with Gasteiger partial charge in [0.1, 0.15) is 5.60 Å². The van der Waals surface area contributed by atoms with Crippen molar-refractivity contribution in [1.82, 2.24) is 5.32 Å². The molecule has 1 aliphatic heterocycles. The third-order valence-electron chi connectivity index (χ3n) is 3.78. The number of hydrogen-bond acceptors (Lipinski definition) is 3. The van der Waals surface area contributed by atoms with Crippen LogP contribution in [0.4, 0.5) is 0 Å². The molecule has 0 bridgehead atoms. The van der Waals surface area contributed by atoms with E-state index < -0.39 is 0 Å². The second-order valence-electron chi connectivity index (χ2n) is 4.94. The summed E-state index contributed by atoms with van der Waals surface area (Å²) in [7, 11) is 1.78. The Morgan fingerprint density at radius 2 is 2.17 bits per heavy atom. The van der Waals surface area contributed by atoms with Crippen molar-refractivity contribution in [1.29, 1.82) is 0 Å². The molecule has 100 valence electrons. The van der Waals surface area contributed by atoms with E-state index in [0.29, 0.717) is 12.6 Å². The van der Waals surface area contributed by atoms with Crippen LogP contribution in [0.2, 0.25) is 0 Å². The highest BCUT2D eigenvalue weighted by Crippen LogP contribution is 2.24. The first-order valence-electron chi connectivity index (χ1n) is 6.71. The zero-order chi connectivity index (χ0) is 12.8. The Balaban J connectivity index is 1.95. The third kappa shape index (κ3) is 3.10. The zero-order valence-corrected chi connectivity index (χ0v) is 11.3. The first-order chi connectivity index (χ1) is 8.79. The highest BCUT2D eigenvalue weighted by Gasteiger charge is 2.35. The lowest BCUT2D eigenvalue weighted by molar-refractivity contribution is -0.0176. The SMILES string of the molecule is CCC(NCC1(OC)CCOC1)c1ccccc1. The number of rotatable bonds is 6. The predicted molar refractivity (Wildman–Crippen MR) is 72.7 cm³/mol. The summed E-state index contributed by atoms with van der Waals surface area (Å²) in [4.78, 5) is 0. The Hall–Kier alpha value is -0.900. The maximum Gasteiger partial charge on any atom is 0.106 e. The Bertz CT molecular complexity index is 347. The number of nitrogens with one attached hydrogen (secondary N) is 1. The van der Waals surface area contributed by atoms with E-state index in [-0.39, 0.29) is 5.60 Å². The molecule has 18 heavy (non-hydrogen) atoms. The van der Waals surface area contributed by atoms with Crippen LogP contribution in [-0.2, 0) is 9.47 Å². The van der Waals surface area contributed by atoms with Gasteiger partial charge in [0, 0.05) is 32.7 Å². The molecule has 1 fully saturated rings. The highest BCUT2D eigenvalue weighted by atomic mass is 16.5. The van der Waals surface area contributed by atoms with Crippen molar-refractivity contribution in [2.75, 3.05) is 26.9 Å². The third-order valence-corrected chi connectivity index (χ3v) is 3.78. The molecule has 0 aromatic heterocycles. The van der Waals surface area contributed by atoms with Crippen LogP contribution < -0.4 is 5.32 Å². The first kappa shape index (κ1) is 13.5. The monoisotopic (exact) mass is 249 g/mol. The molecule has 0 saturated carbocycles. The normalized spacial score (nSPS) is 25.2. The Morgan fingerprint density at radius 3 is 2.72 bits per heavy atom. The zero-order valence-electron chi connectivity index (χ0n) is 11.3. The van der Waals surface area contributed by atoms with Gasteiger partial charge in [-0.05, 0) is 12.0 Å². The van der Waals surface area contributed by atoms with Crippen molar-refractivity contribution in [3.8, 4) is 0 Å². The summed E-state index contributed by atoms with van der Waals surface area (Å²) < 4.78 is 11.1. The molecular weight excluding hydrogens is 226 g/mol. The highest BCUT2D eigenvalue weighted by molar-refractivity contribution is 5.18. The largest absolute Gasteiger partial charge is 0.378 e. The maximum absolute atomic E-state index is 5.64. The molecule has 0 amide bonds. The fourth-order valence-electron chi connectivity index (χ4n) is 2.45.